The average molecular weight is 154 g/mol. The van der Waals surface area contributed by atoms with Gasteiger partial charge in [0.15, 0.2) is 0 Å². The Hall–Kier alpha value is -0.300. The molecule has 1 nitrogen and oxygen atoms in total. The lowest BCUT2D eigenvalue weighted by atomic mass is 10.0. The molecule has 1 aliphatic rings. The molecule has 0 heterocycles. The zero-order valence-electron chi connectivity index (χ0n) is 7.89. The first-order chi connectivity index (χ1) is 4.99. The summed E-state index contributed by atoms with van der Waals surface area (Å²) in [6, 6.07) is 0. The van der Waals surface area contributed by atoms with Crippen LogP contribution < -0.4 is 0 Å². The van der Waals surface area contributed by atoms with Crippen molar-refractivity contribution in [3.05, 3.63) is 11.6 Å². The Labute approximate surface area is 69.1 Å². The van der Waals surface area contributed by atoms with E-state index in [9.17, 15) is 5.11 Å². The van der Waals surface area contributed by atoms with Gasteiger partial charge in [-0.25, -0.2) is 0 Å². The Kier molecular flexibility index (Phi) is 2.10. The van der Waals surface area contributed by atoms with Crippen molar-refractivity contribution in [3.63, 3.8) is 0 Å². The molecular weight excluding hydrogens is 136 g/mol. The number of hydrogen-bond donors (Lipinski definition) is 1. The fraction of sp³-hybridized carbons (Fsp3) is 0.800. The van der Waals surface area contributed by atoms with Gasteiger partial charge in [-0.15, -0.1) is 0 Å². The maximum absolute atomic E-state index is 9.72. The highest BCUT2D eigenvalue weighted by Gasteiger charge is 2.49. The van der Waals surface area contributed by atoms with Crippen molar-refractivity contribution in [2.45, 2.75) is 40.2 Å². The fourth-order valence-electron chi connectivity index (χ4n) is 1.53. The molecule has 0 aliphatic heterocycles. The van der Waals surface area contributed by atoms with Crippen molar-refractivity contribution >= 4 is 0 Å². The van der Waals surface area contributed by atoms with Crippen LogP contribution in [0.4, 0.5) is 0 Å². The van der Waals surface area contributed by atoms with Crippen LogP contribution in [-0.2, 0) is 0 Å². The smallest absolute Gasteiger partial charge is 0.0780 e. The summed E-state index contributed by atoms with van der Waals surface area (Å²) in [6.07, 6.45) is 2.97. The normalized spacial score (nSPS) is 31.7. The van der Waals surface area contributed by atoms with Gasteiger partial charge in [0.05, 0.1) is 6.10 Å². The molecule has 64 valence electrons. The van der Waals surface area contributed by atoms with Crippen LogP contribution in [0, 0.1) is 11.3 Å². The van der Waals surface area contributed by atoms with E-state index in [4.69, 9.17) is 0 Å². The first-order valence-corrected chi connectivity index (χ1v) is 4.30. The Morgan fingerprint density at radius 2 is 2.09 bits per heavy atom. The van der Waals surface area contributed by atoms with Gasteiger partial charge in [0, 0.05) is 0 Å². The van der Waals surface area contributed by atoms with Crippen molar-refractivity contribution in [1.29, 1.82) is 0 Å². The number of hydrogen-bond acceptors (Lipinski definition) is 1. The van der Waals surface area contributed by atoms with Gasteiger partial charge in [-0.2, -0.15) is 0 Å². The molecule has 11 heavy (non-hydrogen) atoms. The molecule has 0 amide bonds. The standard InChI is InChI=1S/C10H18O/c1-5-7(2)9(11)8-6-10(8,3)4/h5,8-9,11H,6H2,1-4H3/b7-5+. The second-order valence-corrected chi connectivity index (χ2v) is 4.28. The molecule has 1 rings (SSSR count). The average Bonchev–Trinajstić information content (AvgIpc) is 2.56. The number of allylic oxidation sites excluding steroid dienone is 1. The quantitative estimate of drug-likeness (QED) is 0.605. The van der Waals surface area contributed by atoms with E-state index in [0.29, 0.717) is 11.3 Å². The number of aliphatic hydroxyl groups is 1. The molecule has 0 aromatic rings. The minimum absolute atomic E-state index is 0.199. The zero-order chi connectivity index (χ0) is 8.65. The Bertz CT molecular complexity index is 179. The van der Waals surface area contributed by atoms with E-state index in [2.05, 4.69) is 13.8 Å². The molecule has 0 aromatic carbocycles. The highest BCUT2D eigenvalue weighted by molar-refractivity contribution is 5.13. The molecule has 1 aliphatic carbocycles. The van der Waals surface area contributed by atoms with Crippen LogP contribution in [0.2, 0.25) is 0 Å². The van der Waals surface area contributed by atoms with E-state index in [1.807, 2.05) is 19.9 Å². The summed E-state index contributed by atoms with van der Waals surface area (Å²) >= 11 is 0. The monoisotopic (exact) mass is 154 g/mol. The van der Waals surface area contributed by atoms with E-state index >= 15 is 0 Å². The second kappa shape index (κ2) is 2.63. The van der Waals surface area contributed by atoms with Gasteiger partial charge in [0.1, 0.15) is 0 Å². The van der Waals surface area contributed by atoms with E-state index in [-0.39, 0.29) is 6.10 Å². The van der Waals surface area contributed by atoms with Crippen molar-refractivity contribution < 1.29 is 5.11 Å². The van der Waals surface area contributed by atoms with E-state index in [0.717, 1.165) is 5.57 Å². The third-order valence-electron chi connectivity index (χ3n) is 2.89. The third kappa shape index (κ3) is 1.64. The molecule has 2 unspecified atom stereocenters. The highest BCUT2D eigenvalue weighted by atomic mass is 16.3. The van der Waals surface area contributed by atoms with Crippen molar-refractivity contribution in [3.8, 4) is 0 Å². The van der Waals surface area contributed by atoms with Gasteiger partial charge in [0.2, 0.25) is 0 Å². The minimum atomic E-state index is -0.199. The van der Waals surface area contributed by atoms with Crippen molar-refractivity contribution in [2.75, 3.05) is 0 Å². The fourth-order valence-corrected chi connectivity index (χ4v) is 1.53. The molecule has 1 N–H and O–H groups in total. The molecule has 2 atom stereocenters. The first-order valence-electron chi connectivity index (χ1n) is 4.30. The Morgan fingerprint density at radius 1 is 1.64 bits per heavy atom. The topological polar surface area (TPSA) is 20.2 Å². The minimum Gasteiger partial charge on any atom is -0.388 e. The van der Waals surface area contributed by atoms with Gasteiger partial charge in [-0.1, -0.05) is 19.9 Å². The summed E-state index contributed by atoms with van der Waals surface area (Å²) in [5.41, 5.74) is 1.49. The van der Waals surface area contributed by atoms with E-state index in [1.165, 1.54) is 6.42 Å². The summed E-state index contributed by atoms with van der Waals surface area (Å²) in [7, 11) is 0. The van der Waals surface area contributed by atoms with Crippen LogP contribution in [0.1, 0.15) is 34.1 Å². The molecule has 0 saturated heterocycles. The summed E-state index contributed by atoms with van der Waals surface area (Å²) in [5, 5.41) is 9.72. The first kappa shape index (κ1) is 8.79. The number of rotatable bonds is 2. The van der Waals surface area contributed by atoms with E-state index in [1.54, 1.807) is 0 Å². The second-order valence-electron chi connectivity index (χ2n) is 4.28. The molecule has 0 spiro atoms. The third-order valence-corrected chi connectivity index (χ3v) is 2.89. The molecule has 0 aromatic heterocycles. The summed E-state index contributed by atoms with van der Waals surface area (Å²) in [4.78, 5) is 0. The molecule has 0 bridgehead atoms. The number of aliphatic hydroxyl groups excluding tert-OH is 1. The summed E-state index contributed by atoms with van der Waals surface area (Å²) in [6.45, 7) is 8.40. The predicted octanol–water partition coefficient (Wildman–Crippen LogP) is 2.36. The van der Waals surface area contributed by atoms with Gasteiger partial charge >= 0.3 is 0 Å². The SMILES string of the molecule is C/C=C(\C)C(O)C1CC1(C)C. The lowest BCUT2D eigenvalue weighted by Gasteiger charge is -2.12. The van der Waals surface area contributed by atoms with Crippen LogP contribution in [0.3, 0.4) is 0 Å². The molecule has 1 saturated carbocycles. The van der Waals surface area contributed by atoms with Crippen LogP contribution >= 0.6 is 0 Å². The maximum Gasteiger partial charge on any atom is 0.0780 e. The van der Waals surface area contributed by atoms with Gasteiger partial charge in [-0.05, 0) is 37.2 Å². The van der Waals surface area contributed by atoms with Gasteiger partial charge in [0.25, 0.3) is 0 Å². The lowest BCUT2D eigenvalue weighted by Crippen LogP contribution is -2.14. The van der Waals surface area contributed by atoms with Crippen LogP contribution in [-0.4, -0.2) is 11.2 Å². The van der Waals surface area contributed by atoms with Crippen molar-refractivity contribution in [2.24, 2.45) is 11.3 Å². The summed E-state index contributed by atoms with van der Waals surface area (Å²) in [5.74, 6) is 0.499. The molecule has 1 fully saturated rings. The molecular formula is C10H18O. The van der Waals surface area contributed by atoms with Crippen LogP contribution in [0.15, 0.2) is 11.6 Å². The summed E-state index contributed by atoms with van der Waals surface area (Å²) < 4.78 is 0. The van der Waals surface area contributed by atoms with Gasteiger partial charge in [-0.3, -0.25) is 0 Å². The predicted molar refractivity (Wildman–Crippen MR) is 47.3 cm³/mol. The maximum atomic E-state index is 9.72. The van der Waals surface area contributed by atoms with Crippen LogP contribution in [0.25, 0.3) is 0 Å². The van der Waals surface area contributed by atoms with E-state index < -0.39 is 0 Å². The Morgan fingerprint density at radius 3 is 2.36 bits per heavy atom. The Balaban J connectivity index is 2.52. The lowest BCUT2D eigenvalue weighted by molar-refractivity contribution is 0.171. The largest absolute Gasteiger partial charge is 0.388 e. The highest BCUT2D eigenvalue weighted by Crippen LogP contribution is 2.54. The van der Waals surface area contributed by atoms with Crippen molar-refractivity contribution in [1.82, 2.24) is 0 Å². The molecule has 0 radical (unpaired) electrons. The molecule has 1 heteroatoms. The zero-order valence-corrected chi connectivity index (χ0v) is 7.89. The van der Waals surface area contributed by atoms with Crippen LogP contribution in [0.5, 0.6) is 0 Å². The van der Waals surface area contributed by atoms with Gasteiger partial charge < -0.3 is 5.11 Å².